The minimum Gasteiger partial charge on any atom is -0.454 e. The Morgan fingerprint density at radius 2 is 1.89 bits per heavy atom. The summed E-state index contributed by atoms with van der Waals surface area (Å²) in [5.74, 6) is 1.35. The topological polar surface area (TPSA) is 44.5 Å². The lowest BCUT2D eigenvalue weighted by atomic mass is 9.62. The Bertz CT molecular complexity index is 498. The summed E-state index contributed by atoms with van der Waals surface area (Å²) < 4.78 is 25.3. The van der Waals surface area contributed by atoms with Gasteiger partial charge in [-0.15, -0.1) is 0 Å². The number of halogens is 1. The van der Waals surface area contributed by atoms with E-state index in [2.05, 4.69) is 0 Å². The van der Waals surface area contributed by atoms with Gasteiger partial charge in [-0.1, -0.05) is 6.42 Å². The first-order valence-electron chi connectivity index (χ1n) is 6.80. The van der Waals surface area contributed by atoms with E-state index in [-0.39, 0.29) is 12.2 Å². The van der Waals surface area contributed by atoms with E-state index < -0.39 is 5.67 Å². The lowest BCUT2D eigenvalue weighted by Gasteiger charge is -2.43. The summed E-state index contributed by atoms with van der Waals surface area (Å²) in [7, 11) is 0. The number of alkyl halides is 1. The zero-order valence-corrected chi connectivity index (χ0v) is 11.5. The second kappa shape index (κ2) is 4.10. The van der Waals surface area contributed by atoms with Crippen molar-refractivity contribution in [3.05, 3.63) is 23.3 Å². The highest BCUT2D eigenvalue weighted by molar-refractivity contribution is 5.53. The number of nitrogens with two attached hydrogens (primary N) is 1. The molecule has 2 aliphatic rings. The van der Waals surface area contributed by atoms with Crippen LogP contribution >= 0.6 is 0 Å². The molecule has 104 valence electrons. The third-order valence-electron chi connectivity index (χ3n) is 4.43. The monoisotopic (exact) mass is 265 g/mol. The molecule has 0 saturated heterocycles. The van der Waals surface area contributed by atoms with Gasteiger partial charge in [0.2, 0.25) is 6.79 Å². The van der Waals surface area contributed by atoms with Gasteiger partial charge >= 0.3 is 0 Å². The van der Waals surface area contributed by atoms with Gasteiger partial charge in [0.15, 0.2) is 11.5 Å². The fourth-order valence-corrected chi connectivity index (χ4v) is 3.06. The molecule has 0 aromatic heterocycles. The van der Waals surface area contributed by atoms with Gasteiger partial charge in [0.1, 0.15) is 5.67 Å². The van der Waals surface area contributed by atoms with Crippen molar-refractivity contribution in [2.75, 3.05) is 13.3 Å². The van der Waals surface area contributed by atoms with Crippen molar-refractivity contribution in [3.63, 3.8) is 0 Å². The van der Waals surface area contributed by atoms with Crippen LogP contribution in [-0.4, -0.2) is 13.3 Å². The minimum atomic E-state index is -1.41. The highest BCUT2D eigenvalue weighted by atomic mass is 19.1. The van der Waals surface area contributed by atoms with E-state index in [0.29, 0.717) is 23.6 Å². The Kier molecular flexibility index (Phi) is 2.75. The Hall–Kier alpha value is -1.29. The Morgan fingerprint density at radius 3 is 2.37 bits per heavy atom. The van der Waals surface area contributed by atoms with Crippen molar-refractivity contribution < 1.29 is 13.9 Å². The summed E-state index contributed by atoms with van der Waals surface area (Å²) in [5, 5.41) is 0. The molecular formula is C15H20FNO2. The van der Waals surface area contributed by atoms with Crippen molar-refractivity contribution in [1.29, 1.82) is 0 Å². The van der Waals surface area contributed by atoms with Crippen molar-refractivity contribution in [1.82, 2.24) is 0 Å². The van der Waals surface area contributed by atoms with Crippen LogP contribution in [0.2, 0.25) is 0 Å². The second-order valence-electron chi connectivity index (χ2n) is 6.06. The third-order valence-corrected chi connectivity index (χ3v) is 4.43. The number of hydrogen-bond acceptors (Lipinski definition) is 3. The molecule has 0 atom stereocenters. The molecule has 1 aromatic carbocycles. The molecule has 1 saturated carbocycles. The van der Waals surface area contributed by atoms with Crippen LogP contribution in [0, 0.1) is 0 Å². The van der Waals surface area contributed by atoms with Crippen LogP contribution in [0.3, 0.4) is 0 Å². The molecule has 1 heterocycles. The quantitative estimate of drug-likeness (QED) is 0.913. The summed E-state index contributed by atoms with van der Waals surface area (Å²) in [5.41, 5.74) is 6.15. The van der Waals surface area contributed by atoms with Gasteiger partial charge in [-0.05, 0) is 49.9 Å². The van der Waals surface area contributed by atoms with Gasteiger partial charge < -0.3 is 15.2 Å². The Labute approximate surface area is 112 Å². The van der Waals surface area contributed by atoms with Crippen LogP contribution < -0.4 is 15.2 Å². The van der Waals surface area contributed by atoms with Crippen LogP contribution in [0.4, 0.5) is 4.39 Å². The van der Waals surface area contributed by atoms with Gasteiger partial charge in [0.25, 0.3) is 0 Å². The van der Waals surface area contributed by atoms with Crippen molar-refractivity contribution in [3.8, 4) is 11.5 Å². The Balaban J connectivity index is 2.16. The van der Waals surface area contributed by atoms with E-state index in [9.17, 15) is 4.39 Å². The van der Waals surface area contributed by atoms with E-state index >= 15 is 0 Å². The molecule has 0 spiro atoms. The molecule has 1 aromatic rings. The fourth-order valence-electron chi connectivity index (χ4n) is 3.06. The molecule has 3 nitrogen and oxygen atoms in total. The largest absolute Gasteiger partial charge is 0.454 e. The maximum Gasteiger partial charge on any atom is 0.231 e. The normalized spacial score (nSPS) is 20.2. The lowest BCUT2D eigenvalue weighted by Crippen LogP contribution is -2.43. The summed E-state index contributed by atoms with van der Waals surface area (Å²) in [6.07, 6.45) is 3.19. The average Bonchev–Trinajstić information content (AvgIpc) is 2.73. The predicted molar refractivity (Wildman–Crippen MR) is 71.3 cm³/mol. The molecular weight excluding hydrogens is 245 g/mol. The van der Waals surface area contributed by atoms with Gasteiger partial charge in [0, 0.05) is 12.0 Å². The van der Waals surface area contributed by atoms with E-state index in [4.69, 9.17) is 15.2 Å². The SMILES string of the molecule is CC(C)(F)c1cc2c(cc1C1(CN)CCC1)OCO2. The molecule has 2 N–H and O–H groups in total. The summed E-state index contributed by atoms with van der Waals surface area (Å²) in [6, 6.07) is 3.72. The zero-order chi connectivity index (χ0) is 13.7. The first-order chi connectivity index (χ1) is 8.96. The average molecular weight is 265 g/mol. The fraction of sp³-hybridized carbons (Fsp3) is 0.600. The van der Waals surface area contributed by atoms with Gasteiger partial charge in [0.05, 0.1) is 0 Å². The molecule has 0 bridgehead atoms. The van der Waals surface area contributed by atoms with E-state index in [1.807, 2.05) is 6.07 Å². The number of fused-ring (bicyclic) bond motifs is 1. The number of benzene rings is 1. The molecule has 19 heavy (non-hydrogen) atoms. The van der Waals surface area contributed by atoms with Gasteiger partial charge in [-0.2, -0.15) is 0 Å². The van der Waals surface area contributed by atoms with E-state index in [0.717, 1.165) is 24.8 Å². The van der Waals surface area contributed by atoms with E-state index in [1.54, 1.807) is 19.9 Å². The van der Waals surface area contributed by atoms with Crippen LogP contribution in [0.25, 0.3) is 0 Å². The number of hydrogen-bond donors (Lipinski definition) is 1. The summed E-state index contributed by atoms with van der Waals surface area (Å²) >= 11 is 0. The van der Waals surface area contributed by atoms with Crippen LogP contribution in [0.1, 0.15) is 44.2 Å². The number of ether oxygens (including phenoxy) is 2. The van der Waals surface area contributed by atoms with Crippen molar-refractivity contribution in [2.24, 2.45) is 5.73 Å². The van der Waals surface area contributed by atoms with Crippen molar-refractivity contribution >= 4 is 0 Å². The molecule has 0 unspecified atom stereocenters. The molecule has 3 rings (SSSR count). The van der Waals surface area contributed by atoms with Gasteiger partial charge in [-0.3, -0.25) is 0 Å². The highest BCUT2D eigenvalue weighted by Crippen LogP contribution is 2.50. The summed E-state index contributed by atoms with van der Waals surface area (Å²) in [6.45, 7) is 3.92. The van der Waals surface area contributed by atoms with Gasteiger partial charge in [-0.25, -0.2) is 4.39 Å². The van der Waals surface area contributed by atoms with E-state index in [1.165, 1.54) is 0 Å². The zero-order valence-electron chi connectivity index (χ0n) is 11.5. The molecule has 1 fully saturated rings. The molecule has 1 aliphatic carbocycles. The Morgan fingerprint density at radius 1 is 1.26 bits per heavy atom. The predicted octanol–water partition coefficient (Wildman–Crippen LogP) is 3.00. The molecule has 0 radical (unpaired) electrons. The first-order valence-corrected chi connectivity index (χ1v) is 6.80. The molecule has 1 aliphatic heterocycles. The standard InChI is InChI=1S/C15H20FNO2/c1-14(2,16)10-6-12-13(19-9-18-12)7-11(10)15(8-17)4-3-5-15/h6-7H,3-5,8-9,17H2,1-2H3. The maximum absolute atomic E-state index is 14.5. The third kappa shape index (κ3) is 1.89. The van der Waals surface area contributed by atoms with Crippen LogP contribution in [0.15, 0.2) is 12.1 Å². The minimum absolute atomic E-state index is 0.0837. The smallest absolute Gasteiger partial charge is 0.231 e. The second-order valence-corrected chi connectivity index (χ2v) is 6.06. The highest BCUT2D eigenvalue weighted by Gasteiger charge is 2.42. The first kappa shape index (κ1) is 12.7. The van der Waals surface area contributed by atoms with Crippen molar-refractivity contribution in [2.45, 2.75) is 44.2 Å². The number of rotatable bonds is 3. The lowest BCUT2D eigenvalue weighted by molar-refractivity contribution is 0.173. The van der Waals surface area contributed by atoms with Crippen LogP contribution in [0.5, 0.6) is 11.5 Å². The van der Waals surface area contributed by atoms with Crippen LogP contribution in [-0.2, 0) is 11.1 Å². The molecule has 4 heteroatoms. The maximum atomic E-state index is 14.5. The summed E-state index contributed by atoms with van der Waals surface area (Å²) in [4.78, 5) is 0. The molecule has 0 amide bonds.